The number of aromatic nitrogens is 1. The summed E-state index contributed by atoms with van der Waals surface area (Å²) in [4.78, 5) is 17.4. The van der Waals surface area contributed by atoms with Gasteiger partial charge < -0.3 is 5.32 Å². The fraction of sp³-hybridized carbons (Fsp3) is 0.0833. The number of hydrogen-bond donors (Lipinski definition) is 1. The van der Waals surface area contributed by atoms with Crippen molar-refractivity contribution in [3.63, 3.8) is 0 Å². The van der Waals surface area contributed by atoms with Crippen LogP contribution in [0.4, 0.5) is 0 Å². The summed E-state index contributed by atoms with van der Waals surface area (Å²) in [6, 6.07) is 27.1. The first kappa shape index (κ1) is 18.2. The Balaban J connectivity index is 1.61. The first-order chi connectivity index (χ1) is 13.7. The average molecular weight is 387 g/mol. The highest BCUT2D eigenvalue weighted by Crippen LogP contribution is 2.24. The number of amides is 1. The molecule has 0 saturated carbocycles. The maximum absolute atomic E-state index is 12.9. The summed E-state index contributed by atoms with van der Waals surface area (Å²) in [6.45, 7) is 0. The zero-order valence-corrected chi connectivity index (χ0v) is 15.9. The highest BCUT2D eigenvalue weighted by atomic mass is 35.5. The molecule has 1 atom stereocenters. The molecule has 4 heteroatoms. The molecule has 3 nitrogen and oxygen atoms in total. The van der Waals surface area contributed by atoms with Crippen molar-refractivity contribution in [2.75, 3.05) is 0 Å². The minimum Gasteiger partial charge on any atom is -0.345 e. The van der Waals surface area contributed by atoms with Crippen molar-refractivity contribution in [2.45, 2.75) is 12.5 Å². The fourth-order valence-corrected chi connectivity index (χ4v) is 3.48. The van der Waals surface area contributed by atoms with Gasteiger partial charge in [-0.3, -0.25) is 9.78 Å². The zero-order valence-electron chi connectivity index (χ0n) is 15.2. The third-order valence-corrected chi connectivity index (χ3v) is 4.96. The number of pyridine rings is 1. The molecule has 138 valence electrons. The van der Waals surface area contributed by atoms with E-state index in [-0.39, 0.29) is 18.4 Å². The van der Waals surface area contributed by atoms with E-state index in [0.717, 1.165) is 27.6 Å². The molecule has 0 fully saturated rings. The lowest BCUT2D eigenvalue weighted by Gasteiger charge is -2.20. The number of nitrogens with one attached hydrogen (secondary N) is 1. The molecule has 1 unspecified atom stereocenters. The Morgan fingerprint density at radius 2 is 1.57 bits per heavy atom. The maximum Gasteiger partial charge on any atom is 0.225 e. The second-order valence-corrected chi connectivity index (χ2v) is 7.07. The van der Waals surface area contributed by atoms with E-state index in [0.29, 0.717) is 5.02 Å². The van der Waals surface area contributed by atoms with Gasteiger partial charge >= 0.3 is 0 Å². The van der Waals surface area contributed by atoms with Crippen LogP contribution in [0.3, 0.4) is 0 Å². The van der Waals surface area contributed by atoms with Gasteiger partial charge in [0.05, 0.1) is 18.0 Å². The van der Waals surface area contributed by atoms with Gasteiger partial charge in [-0.25, -0.2) is 0 Å². The predicted molar refractivity (Wildman–Crippen MR) is 113 cm³/mol. The van der Waals surface area contributed by atoms with Crippen molar-refractivity contribution in [3.05, 3.63) is 113 Å². The minimum atomic E-state index is -0.242. The molecule has 0 bridgehead atoms. The van der Waals surface area contributed by atoms with E-state index in [9.17, 15) is 4.79 Å². The molecule has 1 amide bonds. The molecule has 3 aromatic carbocycles. The third-order valence-electron chi connectivity index (χ3n) is 4.71. The van der Waals surface area contributed by atoms with Crippen molar-refractivity contribution in [1.29, 1.82) is 0 Å². The Bertz CT molecular complexity index is 1090. The van der Waals surface area contributed by atoms with Crippen molar-refractivity contribution in [2.24, 2.45) is 0 Å². The van der Waals surface area contributed by atoms with E-state index in [1.807, 2.05) is 84.9 Å². The van der Waals surface area contributed by atoms with Crippen LogP contribution in [-0.2, 0) is 11.2 Å². The van der Waals surface area contributed by atoms with E-state index in [1.165, 1.54) is 0 Å². The van der Waals surface area contributed by atoms with Crippen LogP contribution in [0.2, 0.25) is 5.02 Å². The summed E-state index contributed by atoms with van der Waals surface area (Å²) in [5, 5.41) is 4.88. The van der Waals surface area contributed by atoms with Crippen molar-refractivity contribution >= 4 is 28.4 Å². The summed E-state index contributed by atoms with van der Waals surface area (Å²) in [5.74, 6) is -0.0537. The molecule has 0 radical (unpaired) electrons. The molecule has 0 aliphatic heterocycles. The van der Waals surface area contributed by atoms with Gasteiger partial charge in [-0.2, -0.15) is 0 Å². The molecule has 28 heavy (non-hydrogen) atoms. The Labute approximate surface area is 169 Å². The van der Waals surface area contributed by atoms with E-state index < -0.39 is 0 Å². The van der Waals surface area contributed by atoms with Crippen molar-refractivity contribution in [3.8, 4) is 0 Å². The summed E-state index contributed by atoms with van der Waals surface area (Å²) in [6.07, 6.45) is 2.02. The summed E-state index contributed by atoms with van der Waals surface area (Å²) in [5.41, 5.74) is 3.79. The Hall–Kier alpha value is -3.17. The SMILES string of the molecule is O=C(Cc1cccc2cccnc12)NC(c1ccccc1)c1ccc(Cl)cc1. The van der Waals surface area contributed by atoms with Gasteiger partial charge in [0.15, 0.2) is 0 Å². The number of para-hydroxylation sites is 1. The maximum atomic E-state index is 12.9. The molecule has 0 spiro atoms. The minimum absolute atomic E-state index is 0.0537. The molecule has 1 heterocycles. The van der Waals surface area contributed by atoms with Gasteiger partial charge in [0, 0.05) is 16.6 Å². The van der Waals surface area contributed by atoms with Gasteiger partial charge in [-0.05, 0) is 34.9 Å². The topological polar surface area (TPSA) is 42.0 Å². The second-order valence-electron chi connectivity index (χ2n) is 6.63. The fourth-order valence-electron chi connectivity index (χ4n) is 3.35. The standard InChI is InChI=1S/C24H19ClN2O/c25-21-13-11-19(12-14-21)24(18-6-2-1-3-7-18)27-22(28)16-20-9-4-8-17-10-5-15-26-23(17)20/h1-15,24H,16H2,(H,27,28). The Morgan fingerprint density at radius 3 is 2.36 bits per heavy atom. The van der Waals surface area contributed by atoms with Crippen LogP contribution in [0.15, 0.2) is 91.1 Å². The molecule has 1 aromatic heterocycles. The van der Waals surface area contributed by atoms with Crippen LogP contribution < -0.4 is 5.32 Å². The normalized spacial score (nSPS) is 11.9. The van der Waals surface area contributed by atoms with Crippen molar-refractivity contribution < 1.29 is 4.79 Å². The van der Waals surface area contributed by atoms with Crippen molar-refractivity contribution in [1.82, 2.24) is 10.3 Å². The molecular weight excluding hydrogens is 368 g/mol. The molecule has 4 rings (SSSR count). The monoisotopic (exact) mass is 386 g/mol. The number of carbonyl (C=O) groups is 1. The molecule has 4 aromatic rings. The zero-order chi connectivity index (χ0) is 19.3. The van der Waals surface area contributed by atoms with Crippen LogP contribution in [0, 0.1) is 0 Å². The third kappa shape index (κ3) is 4.05. The van der Waals surface area contributed by atoms with Gasteiger partial charge in [0.2, 0.25) is 5.91 Å². The Kier molecular flexibility index (Phi) is 5.36. The summed E-state index contributed by atoms with van der Waals surface area (Å²) in [7, 11) is 0. The molecule has 1 N–H and O–H groups in total. The molecule has 0 saturated heterocycles. The number of halogens is 1. The lowest BCUT2D eigenvalue weighted by molar-refractivity contribution is -0.120. The smallest absolute Gasteiger partial charge is 0.225 e. The highest BCUT2D eigenvalue weighted by molar-refractivity contribution is 6.30. The molecular formula is C24H19ClN2O. The number of hydrogen-bond acceptors (Lipinski definition) is 2. The first-order valence-electron chi connectivity index (χ1n) is 9.13. The molecule has 0 aliphatic rings. The number of carbonyl (C=O) groups excluding carboxylic acids is 1. The number of fused-ring (bicyclic) bond motifs is 1. The van der Waals surface area contributed by atoms with Gasteiger partial charge in [-0.15, -0.1) is 0 Å². The van der Waals surface area contributed by atoms with Crippen LogP contribution in [0.1, 0.15) is 22.7 Å². The van der Waals surface area contributed by atoms with Gasteiger partial charge in [-0.1, -0.05) is 78.3 Å². The second kappa shape index (κ2) is 8.24. The molecule has 0 aliphatic carbocycles. The van der Waals surface area contributed by atoms with Crippen LogP contribution in [-0.4, -0.2) is 10.9 Å². The summed E-state index contributed by atoms with van der Waals surface area (Å²) >= 11 is 6.04. The van der Waals surface area contributed by atoms with E-state index in [1.54, 1.807) is 6.20 Å². The summed E-state index contributed by atoms with van der Waals surface area (Å²) < 4.78 is 0. The first-order valence-corrected chi connectivity index (χ1v) is 9.51. The van der Waals surface area contributed by atoms with E-state index in [2.05, 4.69) is 10.3 Å². The lowest BCUT2D eigenvalue weighted by atomic mass is 9.98. The average Bonchev–Trinajstić information content (AvgIpc) is 2.74. The number of rotatable bonds is 5. The van der Waals surface area contributed by atoms with Gasteiger partial charge in [0.25, 0.3) is 0 Å². The largest absolute Gasteiger partial charge is 0.345 e. The predicted octanol–water partition coefficient (Wildman–Crippen LogP) is 5.34. The number of nitrogens with zero attached hydrogens (tertiary/aromatic N) is 1. The van der Waals surface area contributed by atoms with E-state index >= 15 is 0 Å². The number of benzene rings is 3. The van der Waals surface area contributed by atoms with Crippen LogP contribution >= 0.6 is 11.6 Å². The highest BCUT2D eigenvalue weighted by Gasteiger charge is 2.17. The van der Waals surface area contributed by atoms with E-state index in [4.69, 9.17) is 11.6 Å². The Morgan fingerprint density at radius 1 is 0.857 bits per heavy atom. The quantitative estimate of drug-likeness (QED) is 0.503. The van der Waals surface area contributed by atoms with Crippen LogP contribution in [0.25, 0.3) is 10.9 Å². The van der Waals surface area contributed by atoms with Gasteiger partial charge in [0.1, 0.15) is 0 Å². The lowest BCUT2D eigenvalue weighted by Crippen LogP contribution is -2.30. The van der Waals surface area contributed by atoms with Crippen LogP contribution in [0.5, 0.6) is 0 Å².